The Morgan fingerprint density at radius 3 is 2.21 bits per heavy atom. The number of ether oxygens (including phenoxy) is 1. The quantitative estimate of drug-likeness (QED) is 0.535. The molecule has 1 saturated heterocycles. The molecule has 0 spiro atoms. The van der Waals surface area contributed by atoms with E-state index in [1.165, 1.54) is 5.69 Å². The monoisotopic (exact) mass is 405 g/mol. The van der Waals surface area contributed by atoms with Crippen molar-refractivity contribution in [2.45, 2.75) is 6.61 Å². The van der Waals surface area contributed by atoms with E-state index in [9.17, 15) is 0 Å². The van der Waals surface area contributed by atoms with Crippen molar-refractivity contribution >= 4 is 23.5 Å². The molecule has 1 heterocycles. The fraction of sp³-hybridized carbons (Fsp3) is 0.208. The second-order valence-electron chi connectivity index (χ2n) is 7.01. The minimum absolute atomic E-state index is 0.576. The number of benzene rings is 3. The number of halogens is 1. The van der Waals surface area contributed by atoms with Crippen molar-refractivity contribution in [1.29, 1.82) is 0 Å². The van der Waals surface area contributed by atoms with Gasteiger partial charge in [-0.1, -0.05) is 41.9 Å². The van der Waals surface area contributed by atoms with Crippen LogP contribution >= 0.6 is 11.6 Å². The highest BCUT2D eigenvalue weighted by Gasteiger charge is 2.15. The van der Waals surface area contributed by atoms with Crippen LogP contribution in [0, 0.1) is 0 Å². The van der Waals surface area contributed by atoms with Gasteiger partial charge in [0.05, 0.1) is 19.3 Å². The molecule has 1 fully saturated rings. The lowest BCUT2D eigenvalue weighted by Crippen LogP contribution is -2.44. The van der Waals surface area contributed by atoms with Crippen LogP contribution in [0.4, 0.5) is 5.69 Å². The van der Waals surface area contributed by atoms with Crippen molar-refractivity contribution in [3.8, 4) is 5.75 Å². The molecule has 29 heavy (non-hydrogen) atoms. The molecule has 0 atom stereocenters. The number of hydrogen-bond donors (Lipinski definition) is 0. The Kier molecular flexibility index (Phi) is 6.32. The normalized spacial score (nSPS) is 14.4. The van der Waals surface area contributed by atoms with E-state index in [4.69, 9.17) is 16.3 Å². The lowest BCUT2D eigenvalue weighted by molar-refractivity contribution is 0.272. The van der Waals surface area contributed by atoms with Gasteiger partial charge in [0.15, 0.2) is 0 Å². The van der Waals surface area contributed by atoms with Gasteiger partial charge in [-0.25, -0.2) is 0 Å². The summed E-state index contributed by atoms with van der Waals surface area (Å²) < 4.78 is 5.83. The first-order valence-corrected chi connectivity index (χ1v) is 10.2. The lowest BCUT2D eigenvalue weighted by atomic mass is 10.2. The van der Waals surface area contributed by atoms with Crippen LogP contribution in [0.5, 0.6) is 5.75 Å². The van der Waals surface area contributed by atoms with Gasteiger partial charge in [-0.15, -0.1) is 0 Å². The molecule has 0 amide bonds. The Labute approximate surface area is 177 Å². The molecular weight excluding hydrogens is 382 g/mol. The van der Waals surface area contributed by atoms with E-state index in [0.29, 0.717) is 6.61 Å². The van der Waals surface area contributed by atoms with Crippen LogP contribution in [0.15, 0.2) is 84.0 Å². The molecular formula is C24H24ClN3O. The van der Waals surface area contributed by atoms with Crippen LogP contribution in [-0.2, 0) is 6.61 Å². The molecule has 0 aromatic heterocycles. The van der Waals surface area contributed by atoms with Gasteiger partial charge in [-0.05, 0) is 59.7 Å². The maximum atomic E-state index is 5.97. The standard InChI is InChI=1S/C24H24ClN3O/c25-22-8-10-23(11-9-22)27-14-16-28(17-15-27)26-18-20-6-12-24(13-7-20)29-19-21-4-2-1-3-5-21/h1-13,18H,14-17,19H2. The van der Waals surface area contributed by atoms with Crippen molar-refractivity contribution < 1.29 is 4.74 Å². The Balaban J connectivity index is 1.25. The summed E-state index contributed by atoms with van der Waals surface area (Å²) in [6, 6.07) is 26.2. The van der Waals surface area contributed by atoms with E-state index in [1.807, 2.05) is 60.8 Å². The second kappa shape index (κ2) is 9.48. The van der Waals surface area contributed by atoms with Gasteiger partial charge in [-0.3, -0.25) is 5.01 Å². The summed E-state index contributed by atoms with van der Waals surface area (Å²) >= 11 is 5.97. The topological polar surface area (TPSA) is 28.1 Å². The zero-order chi connectivity index (χ0) is 19.9. The molecule has 0 aliphatic carbocycles. The maximum absolute atomic E-state index is 5.97. The summed E-state index contributed by atoms with van der Waals surface area (Å²) in [5.41, 5.74) is 3.44. The molecule has 4 nitrogen and oxygen atoms in total. The first-order valence-electron chi connectivity index (χ1n) is 9.82. The summed E-state index contributed by atoms with van der Waals surface area (Å²) in [7, 11) is 0. The number of nitrogens with zero attached hydrogens (tertiary/aromatic N) is 3. The average molecular weight is 406 g/mol. The summed E-state index contributed by atoms with van der Waals surface area (Å²) in [5, 5.41) is 7.53. The number of rotatable bonds is 6. The highest BCUT2D eigenvalue weighted by Crippen LogP contribution is 2.19. The predicted octanol–water partition coefficient (Wildman–Crippen LogP) is 5.08. The molecule has 0 unspecified atom stereocenters. The van der Waals surface area contributed by atoms with E-state index in [0.717, 1.165) is 48.1 Å². The minimum Gasteiger partial charge on any atom is -0.489 e. The number of anilines is 1. The van der Waals surface area contributed by atoms with Crippen molar-refractivity contribution in [2.75, 3.05) is 31.1 Å². The van der Waals surface area contributed by atoms with Gasteiger partial charge >= 0.3 is 0 Å². The highest BCUT2D eigenvalue weighted by molar-refractivity contribution is 6.30. The first kappa shape index (κ1) is 19.3. The molecule has 0 bridgehead atoms. The highest BCUT2D eigenvalue weighted by atomic mass is 35.5. The number of hydrazone groups is 1. The average Bonchev–Trinajstić information content (AvgIpc) is 2.79. The van der Waals surface area contributed by atoms with Crippen molar-refractivity contribution in [2.24, 2.45) is 5.10 Å². The van der Waals surface area contributed by atoms with Gasteiger partial charge in [0.2, 0.25) is 0 Å². The van der Waals surface area contributed by atoms with Crippen LogP contribution < -0.4 is 9.64 Å². The zero-order valence-corrected chi connectivity index (χ0v) is 17.0. The third kappa shape index (κ3) is 5.52. The SMILES string of the molecule is Clc1ccc(N2CCN(N=Cc3ccc(OCc4ccccc4)cc3)CC2)cc1. The molecule has 4 rings (SSSR count). The third-order valence-corrected chi connectivity index (χ3v) is 5.20. The first-order chi connectivity index (χ1) is 14.3. The Morgan fingerprint density at radius 2 is 1.52 bits per heavy atom. The summed E-state index contributed by atoms with van der Waals surface area (Å²) in [6.07, 6.45) is 1.92. The van der Waals surface area contributed by atoms with Crippen LogP contribution in [-0.4, -0.2) is 37.4 Å². The van der Waals surface area contributed by atoms with Gasteiger partial charge in [0.25, 0.3) is 0 Å². The summed E-state index contributed by atoms with van der Waals surface area (Å²) in [4.78, 5) is 2.36. The number of hydrogen-bond acceptors (Lipinski definition) is 4. The third-order valence-electron chi connectivity index (χ3n) is 4.95. The van der Waals surface area contributed by atoms with Gasteiger partial charge in [0, 0.05) is 23.8 Å². The molecule has 3 aromatic rings. The van der Waals surface area contributed by atoms with Gasteiger partial charge < -0.3 is 9.64 Å². The molecule has 1 aliphatic heterocycles. The Hall–Kier alpha value is -2.98. The van der Waals surface area contributed by atoms with Crippen molar-refractivity contribution in [3.05, 3.63) is 95.0 Å². The Morgan fingerprint density at radius 1 is 0.828 bits per heavy atom. The molecule has 0 saturated carbocycles. The molecule has 1 aliphatic rings. The zero-order valence-electron chi connectivity index (χ0n) is 16.2. The fourth-order valence-electron chi connectivity index (χ4n) is 3.26. The van der Waals surface area contributed by atoms with E-state index in [2.05, 4.69) is 39.3 Å². The molecule has 0 radical (unpaired) electrons. The second-order valence-corrected chi connectivity index (χ2v) is 7.44. The summed E-state index contributed by atoms with van der Waals surface area (Å²) in [5.74, 6) is 0.864. The smallest absolute Gasteiger partial charge is 0.119 e. The van der Waals surface area contributed by atoms with Crippen LogP contribution in [0.3, 0.4) is 0 Å². The van der Waals surface area contributed by atoms with E-state index in [1.54, 1.807) is 0 Å². The van der Waals surface area contributed by atoms with Crippen molar-refractivity contribution in [1.82, 2.24) is 5.01 Å². The lowest BCUT2D eigenvalue weighted by Gasteiger charge is -2.34. The van der Waals surface area contributed by atoms with Gasteiger partial charge in [-0.2, -0.15) is 5.10 Å². The molecule has 148 valence electrons. The predicted molar refractivity (Wildman–Crippen MR) is 120 cm³/mol. The van der Waals surface area contributed by atoms with Crippen LogP contribution in [0.25, 0.3) is 0 Å². The number of piperazine rings is 1. The minimum atomic E-state index is 0.576. The maximum Gasteiger partial charge on any atom is 0.119 e. The molecule has 5 heteroatoms. The van der Waals surface area contributed by atoms with E-state index < -0.39 is 0 Å². The largest absolute Gasteiger partial charge is 0.489 e. The summed E-state index contributed by atoms with van der Waals surface area (Å²) in [6.45, 7) is 4.28. The molecule has 3 aromatic carbocycles. The van der Waals surface area contributed by atoms with Crippen LogP contribution in [0.1, 0.15) is 11.1 Å². The molecule has 0 N–H and O–H groups in total. The van der Waals surface area contributed by atoms with Crippen molar-refractivity contribution in [3.63, 3.8) is 0 Å². The fourth-order valence-corrected chi connectivity index (χ4v) is 3.39. The van der Waals surface area contributed by atoms with E-state index >= 15 is 0 Å². The Bertz CT molecular complexity index is 919. The van der Waals surface area contributed by atoms with Gasteiger partial charge in [0.1, 0.15) is 12.4 Å². The van der Waals surface area contributed by atoms with E-state index in [-0.39, 0.29) is 0 Å². The van der Waals surface area contributed by atoms with Crippen LogP contribution in [0.2, 0.25) is 5.02 Å².